The molecular formula is C14H15Br2N5O4S. The second kappa shape index (κ2) is 8.03. The standard InChI is InChI=1S/C14H15Br2N5O4S/c1-25-7-5-21(14-17-4-8(26-14)13(23)24)3-2-6(7)18-12(22)11-19-9(15)10(16)20-11/h4,6-7H,2-3,5H2,1H3,(H,18,22)(H,19,20)(H,23,24)/t6-,7+/m0/s1. The minimum Gasteiger partial charge on any atom is -0.477 e. The monoisotopic (exact) mass is 507 g/mol. The minimum atomic E-state index is -0.991. The van der Waals surface area contributed by atoms with Crippen molar-refractivity contribution in [3.05, 3.63) is 26.1 Å². The zero-order valence-corrected chi connectivity index (χ0v) is 17.5. The van der Waals surface area contributed by atoms with Crippen LogP contribution in [0, 0.1) is 0 Å². The molecule has 1 aliphatic heterocycles. The molecule has 2 aromatic rings. The number of imidazole rings is 1. The molecule has 0 bridgehead atoms. The fourth-order valence-corrected chi connectivity index (χ4v) is 4.02. The molecule has 1 saturated heterocycles. The molecule has 3 N–H and O–H groups in total. The number of methoxy groups -OCH3 is 1. The number of piperidine rings is 1. The molecule has 140 valence electrons. The number of carboxylic acid groups (broad SMARTS) is 1. The van der Waals surface area contributed by atoms with Crippen LogP contribution in [-0.2, 0) is 4.74 Å². The number of amides is 1. The summed E-state index contributed by atoms with van der Waals surface area (Å²) in [6, 6.07) is -0.190. The lowest BCUT2D eigenvalue weighted by Gasteiger charge is -2.37. The van der Waals surface area contributed by atoms with Gasteiger partial charge in [-0.05, 0) is 38.3 Å². The van der Waals surface area contributed by atoms with Gasteiger partial charge in [0.2, 0.25) is 0 Å². The number of anilines is 1. The van der Waals surface area contributed by atoms with E-state index in [1.807, 2.05) is 4.90 Å². The van der Waals surface area contributed by atoms with E-state index in [1.165, 1.54) is 6.20 Å². The predicted octanol–water partition coefficient (Wildman–Crippen LogP) is 2.11. The van der Waals surface area contributed by atoms with Crippen molar-refractivity contribution >= 4 is 60.2 Å². The third-order valence-corrected chi connectivity index (χ3v) is 6.71. The van der Waals surface area contributed by atoms with Gasteiger partial charge in [-0.15, -0.1) is 0 Å². The third kappa shape index (κ3) is 4.08. The molecule has 1 fully saturated rings. The average Bonchev–Trinajstić information content (AvgIpc) is 3.23. The van der Waals surface area contributed by atoms with Crippen LogP contribution in [0.2, 0.25) is 0 Å². The van der Waals surface area contributed by atoms with Crippen LogP contribution in [0.5, 0.6) is 0 Å². The van der Waals surface area contributed by atoms with Crippen LogP contribution < -0.4 is 10.2 Å². The predicted molar refractivity (Wildman–Crippen MR) is 102 cm³/mol. The zero-order chi connectivity index (χ0) is 18.8. The smallest absolute Gasteiger partial charge is 0.347 e. The van der Waals surface area contributed by atoms with E-state index in [0.717, 1.165) is 11.3 Å². The molecule has 12 heteroatoms. The van der Waals surface area contributed by atoms with E-state index in [9.17, 15) is 9.59 Å². The zero-order valence-electron chi connectivity index (χ0n) is 13.5. The maximum absolute atomic E-state index is 12.4. The fourth-order valence-electron chi connectivity index (χ4n) is 2.68. The summed E-state index contributed by atoms with van der Waals surface area (Å²) in [7, 11) is 1.58. The Labute approximate surface area is 169 Å². The number of aromatic amines is 1. The highest BCUT2D eigenvalue weighted by molar-refractivity contribution is 9.13. The van der Waals surface area contributed by atoms with Crippen molar-refractivity contribution in [2.75, 3.05) is 25.1 Å². The van der Waals surface area contributed by atoms with Crippen molar-refractivity contribution in [1.82, 2.24) is 20.3 Å². The summed E-state index contributed by atoms with van der Waals surface area (Å²) in [6.07, 6.45) is 1.73. The van der Waals surface area contributed by atoms with Gasteiger partial charge in [-0.2, -0.15) is 0 Å². The van der Waals surface area contributed by atoms with Crippen molar-refractivity contribution in [2.45, 2.75) is 18.6 Å². The highest BCUT2D eigenvalue weighted by Gasteiger charge is 2.32. The Morgan fingerprint density at radius 2 is 2.27 bits per heavy atom. The normalized spacial score (nSPS) is 20.2. The number of hydrogen-bond acceptors (Lipinski definition) is 7. The molecule has 1 amide bonds. The van der Waals surface area contributed by atoms with Gasteiger partial charge in [0, 0.05) is 20.2 Å². The Bertz CT molecular complexity index is 807. The Morgan fingerprint density at radius 1 is 1.50 bits per heavy atom. The molecule has 3 rings (SSSR count). The van der Waals surface area contributed by atoms with Crippen LogP contribution in [-0.4, -0.2) is 64.3 Å². The van der Waals surface area contributed by atoms with Gasteiger partial charge in [-0.25, -0.2) is 14.8 Å². The first kappa shape index (κ1) is 19.3. The summed E-state index contributed by atoms with van der Waals surface area (Å²) >= 11 is 7.61. The van der Waals surface area contributed by atoms with Crippen LogP contribution in [0.1, 0.15) is 26.7 Å². The Morgan fingerprint density at radius 3 is 2.85 bits per heavy atom. The number of carbonyl (C=O) groups is 2. The first-order valence-corrected chi connectivity index (χ1v) is 9.98. The lowest BCUT2D eigenvalue weighted by atomic mass is 10.0. The highest BCUT2D eigenvalue weighted by Crippen LogP contribution is 2.27. The first-order valence-electron chi connectivity index (χ1n) is 7.57. The molecule has 9 nitrogen and oxygen atoms in total. The van der Waals surface area contributed by atoms with E-state index in [0.29, 0.717) is 33.8 Å². The van der Waals surface area contributed by atoms with Crippen molar-refractivity contribution in [2.24, 2.45) is 0 Å². The van der Waals surface area contributed by atoms with E-state index in [1.54, 1.807) is 7.11 Å². The Kier molecular flexibility index (Phi) is 5.95. The maximum Gasteiger partial charge on any atom is 0.347 e. The molecule has 2 aromatic heterocycles. The van der Waals surface area contributed by atoms with Crippen molar-refractivity contribution in [3.8, 4) is 0 Å². The van der Waals surface area contributed by atoms with Gasteiger partial charge in [-0.3, -0.25) is 4.79 Å². The number of nitrogens with zero attached hydrogens (tertiary/aromatic N) is 3. The van der Waals surface area contributed by atoms with Gasteiger partial charge in [0.25, 0.3) is 5.91 Å². The van der Waals surface area contributed by atoms with Crippen LogP contribution in [0.25, 0.3) is 0 Å². The van der Waals surface area contributed by atoms with E-state index < -0.39 is 5.97 Å². The number of H-pyrrole nitrogens is 1. The van der Waals surface area contributed by atoms with E-state index in [-0.39, 0.29) is 28.8 Å². The van der Waals surface area contributed by atoms with Gasteiger partial charge in [0.15, 0.2) is 11.0 Å². The first-order chi connectivity index (χ1) is 12.4. The number of ether oxygens (including phenoxy) is 1. The van der Waals surface area contributed by atoms with Gasteiger partial charge in [0.1, 0.15) is 14.1 Å². The lowest BCUT2D eigenvalue weighted by molar-refractivity contribution is 0.0538. The van der Waals surface area contributed by atoms with Crippen LogP contribution >= 0.6 is 43.2 Å². The number of hydrogen-bond donors (Lipinski definition) is 3. The summed E-state index contributed by atoms with van der Waals surface area (Å²) < 4.78 is 6.65. The molecule has 0 saturated carbocycles. The molecule has 2 atom stereocenters. The molecule has 0 aromatic carbocycles. The number of thiazole rings is 1. The highest BCUT2D eigenvalue weighted by atomic mass is 79.9. The second-order valence-electron chi connectivity index (χ2n) is 5.59. The van der Waals surface area contributed by atoms with E-state index in [2.05, 4.69) is 52.1 Å². The Hall–Kier alpha value is -1.50. The lowest BCUT2D eigenvalue weighted by Crippen LogP contribution is -2.55. The molecule has 3 heterocycles. The number of aromatic carboxylic acids is 1. The molecule has 0 spiro atoms. The fraction of sp³-hybridized carbons (Fsp3) is 0.429. The Balaban J connectivity index is 1.65. The minimum absolute atomic E-state index is 0.190. The SMILES string of the molecule is CO[C@@H]1CN(c2ncc(C(=O)O)s2)CC[C@@H]1NC(=O)c1nc(Br)c(Br)[nH]1. The van der Waals surface area contributed by atoms with Crippen LogP contribution in [0.15, 0.2) is 15.4 Å². The van der Waals surface area contributed by atoms with Crippen molar-refractivity contribution in [3.63, 3.8) is 0 Å². The number of carboxylic acids is 1. The molecule has 0 unspecified atom stereocenters. The topological polar surface area (TPSA) is 120 Å². The molecule has 1 aliphatic rings. The van der Waals surface area contributed by atoms with E-state index >= 15 is 0 Å². The number of carbonyl (C=O) groups excluding carboxylic acids is 1. The number of rotatable bonds is 5. The van der Waals surface area contributed by atoms with Crippen molar-refractivity contribution in [1.29, 1.82) is 0 Å². The number of nitrogens with one attached hydrogen (secondary N) is 2. The van der Waals surface area contributed by atoms with Crippen LogP contribution in [0.4, 0.5) is 5.13 Å². The van der Waals surface area contributed by atoms with Crippen molar-refractivity contribution < 1.29 is 19.4 Å². The summed E-state index contributed by atoms with van der Waals surface area (Å²) in [4.78, 5) is 36.7. The average molecular weight is 509 g/mol. The summed E-state index contributed by atoms with van der Waals surface area (Å²) in [5, 5.41) is 12.6. The molecule has 0 aliphatic carbocycles. The van der Waals surface area contributed by atoms with Gasteiger partial charge in [0.05, 0.1) is 18.3 Å². The number of aromatic nitrogens is 3. The van der Waals surface area contributed by atoms with Crippen LogP contribution in [0.3, 0.4) is 0 Å². The largest absolute Gasteiger partial charge is 0.477 e. The second-order valence-corrected chi connectivity index (χ2v) is 8.14. The maximum atomic E-state index is 12.4. The summed E-state index contributed by atoms with van der Waals surface area (Å²) in [5.41, 5.74) is 0. The van der Waals surface area contributed by atoms with Gasteiger partial charge in [-0.1, -0.05) is 11.3 Å². The summed E-state index contributed by atoms with van der Waals surface area (Å²) in [6.45, 7) is 1.13. The molecule has 26 heavy (non-hydrogen) atoms. The molecular weight excluding hydrogens is 494 g/mol. The van der Waals surface area contributed by atoms with Gasteiger partial charge < -0.3 is 25.0 Å². The molecule has 0 radical (unpaired) electrons. The quantitative estimate of drug-likeness (QED) is 0.565. The summed E-state index contributed by atoms with van der Waals surface area (Å²) in [5.74, 6) is -1.11. The third-order valence-electron chi connectivity index (χ3n) is 3.99. The van der Waals surface area contributed by atoms with Gasteiger partial charge >= 0.3 is 5.97 Å². The number of halogens is 2. The van der Waals surface area contributed by atoms with E-state index in [4.69, 9.17) is 9.84 Å².